The SMILES string of the molecule is COCCNC(=O)COC(=O)[C@H](C)NC(=O)C12CC3CC(CC(C3)C1)C2. The maximum Gasteiger partial charge on any atom is 0.328 e. The second-order valence-electron chi connectivity index (χ2n) is 8.34. The first-order valence-corrected chi connectivity index (χ1v) is 9.65. The summed E-state index contributed by atoms with van der Waals surface area (Å²) >= 11 is 0. The maximum atomic E-state index is 12.9. The zero-order valence-electron chi connectivity index (χ0n) is 15.7. The minimum atomic E-state index is -0.748. The third kappa shape index (κ3) is 4.19. The van der Waals surface area contributed by atoms with Crippen LogP contribution < -0.4 is 10.6 Å². The van der Waals surface area contributed by atoms with Crippen LogP contribution >= 0.6 is 0 Å². The molecule has 0 aliphatic heterocycles. The van der Waals surface area contributed by atoms with Crippen LogP contribution in [0.2, 0.25) is 0 Å². The van der Waals surface area contributed by atoms with E-state index in [1.807, 2.05) is 0 Å². The highest BCUT2D eigenvalue weighted by atomic mass is 16.5. The van der Waals surface area contributed by atoms with Gasteiger partial charge in [-0.3, -0.25) is 9.59 Å². The molecule has 4 aliphatic rings. The summed E-state index contributed by atoms with van der Waals surface area (Å²) < 4.78 is 9.84. The number of ether oxygens (including phenoxy) is 2. The van der Waals surface area contributed by atoms with Crippen LogP contribution in [-0.4, -0.2) is 50.7 Å². The van der Waals surface area contributed by atoms with E-state index in [1.54, 1.807) is 14.0 Å². The molecule has 0 saturated heterocycles. The van der Waals surface area contributed by atoms with Crippen LogP contribution in [0.1, 0.15) is 45.4 Å². The van der Waals surface area contributed by atoms with Crippen molar-refractivity contribution in [1.29, 1.82) is 0 Å². The van der Waals surface area contributed by atoms with Crippen molar-refractivity contribution in [2.75, 3.05) is 26.9 Å². The largest absolute Gasteiger partial charge is 0.454 e. The summed E-state index contributed by atoms with van der Waals surface area (Å²) in [6, 6.07) is -0.748. The third-order valence-corrected chi connectivity index (χ3v) is 6.19. The predicted octanol–water partition coefficient (Wildman–Crippen LogP) is 1.01. The lowest BCUT2D eigenvalue weighted by Gasteiger charge is -2.55. The van der Waals surface area contributed by atoms with E-state index in [4.69, 9.17) is 9.47 Å². The van der Waals surface area contributed by atoms with Crippen molar-refractivity contribution in [2.24, 2.45) is 23.2 Å². The van der Waals surface area contributed by atoms with E-state index in [2.05, 4.69) is 10.6 Å². The number of hydrogen-bond donors (Lipinski definition) is 2. The Morgan fingerprint density at radius 1 is 1.08 bits per heavy atom. The van der Waals surface area contributed by atoms with Crippen LogP contribution in [0.25, 0.3) is 0 Å². The van der Waals surface area contributed by atoms with Crippen molar-refractivity contribution in [3.8, 4) is 0 Å². The van der Waals surface area contributed by atoms with Crippen molar-refractivity contribution in [3.05, 3.63) is 0 Å². The van der Waals surface area contributed by atoms with Gasteiger partial charge in [0.1, 0.15) is 6.04 Å². The Balaban J connectivity index is 1.45. The zero-order valence-corrected chi connectivity index (χ0v) is 15.7. The van der Waals surface area contributed by atoms with Gasteiger partial charge in [-0.25, -0.2) is 4.79 Å². The lowest BCUT2D eigenvalue weighted by atomic mass is 9.49. The smallest absolute Gasteiger partial charge is 0.328 e. The number of nitrogens with one attached hydrogen (secondary N) is 2. The molecule has 4 saturated carbocycles. The molecule has 0 spiro atoms. The zero-order chi connectivity index (χ0) is 18.7. The number of carbonyl (C=O) groups excluding carboxylic acids is 3. The van der Waals surface area contributed by atoms with Gasteiger partial charge in [-0.05, 0) is 63.2 Å². The van der Waals surface area contributed by atoms with Gasteiger partial charge in [0.15, 0.2) is 6.61 Å². The quantitative estimate of drug-likeness (QED) is 0.494. The monoisotopic (exact) mass is 366 g/mol. The van der Waals surface area contributed by atoms with Crippen molar-refractivity contribution in [3.63, 3.8) is 0 Å². The molecule has 0 aromatic heterocycles. The Morgan fingerprint density at radius 2 is 1.65 bits per heavy atom. The van der Waals surface area contributed by atoms with Crippen molar-refractivity contribution in [2.45, 2.75) is 51.5 Å². The van der Waals surface area contributed by atoms with E-state index >= 15 is 0 Å². The van der Waals surface area contributed by atoms with Crippen molar-refractivity contribution < 1.29 is 23.9 Å². The summed E-state index contributed by atoms with van der Waals surface area (Å²) in [6.07, 6.45) is 6.66. The highest BCUT2D eigenvalue weighted by Gasteiger charge is 2.54. The molecule has 4 aliphatic carbocycles. The standard InChI is InChI=1S/C19H30N2O5/c1-12(17(23)26-11-16(22)20-3-4-25-2)21-18(24)19-8-13-5-14(9-19)7-15(6-13)10-19/h12-15H,3-11H2,1-2H3,(H,20,22)(H,21,24)/t12-,13?,14?,15?,19?/m0/s1. The van der Waals surface area contributed by atoms with E-state index in [-0.39, 0.29) is 23.8 Å². The van der Waals surface area contributed by atoms with Crippen LogP contribution in [0.4, 0.5) is 0 Å². The van der Waals surface area contributed by atoms with E-state index in [9.17, 15) is 14.4 Å². The highest BCUT2D eigenvalue weighted by Crippen LogP contribution is 2.60. The molecule has 2 amide bonds. The Bertz CT molecular complexity index is 527. The second-order valence-corrected chi connectivity index (χ2v) is 8.34. The molecule has 4 bridgehead atoms. The molecular formula is C19H30N2O5. The number of hydrogen-bond acceptors (Lipinski definition) is 5. The average molecular weight is 366 g/mol. The molecular weight excluding hydrogens is 336 g/mol. The fourth-order valence-electron chi connectivity index (χ4n) is 5.40. The summed E-state index contributed by atoms with van der Waals surface area (Å²) in [4.78, 5) is 36.6. The molecule has 0 unspecified atom stereocenters. The first kappa shape index (κ1) is 19.1. The molecule has 4 rings (SSSR count). The van der Waals surface area contributed by atoms with Gasteiger partial charge in [0.2, 0.25) is 5.91 Å². The fraction of sp³-hybridized carbons (Fsp3) is 0.842. The topological polar surface area (TPSA) is 93.7 Å². The lowest BCUT2D eigenvalue weighted by Crippen LogP contribution is -2.56. The van der Waals surface area contributed by atoms with Crippen molar-refractivity contribution in [1.82, 2.24) is 10.6 Å². The minimum absolute atomic E-state index is 0.00871. The number of carbonyl (C=O) groups is 3. The van der Waals surface area contributed by atoms with Crippen LogP contribution in [0.15, 0.2) is 0 Å². The van der Waals surface area contributed by atoms with Crippen LogP contribution in [0.3, 0.4) is 0 Å². The molecule has 26 heavy (non-hydrogen) atoms. The van der Waals surface area contributed by atoms with Crippen LogP contribution in [0.5, 0.6) is 0 Å². The number of rotatable bonds is 8. The molecule has 0 aromatic carbocycles. The van der Waals surface area contributed by atoms with Gasteiger partial charge in [0.05, 0.1) is 6.61 Å². The van der Waals surface area contributed by atoms with Gasteiger partial charge >= 0.3 is 5.97 Å². The summed E-state index contributed by atoms with van der Waals surface area (Å²) in [5.74, 6) is 1.05. The molecule has 146 valence electrons. The Labute approximate surface area is 154 Å². The summed E-state index contributed by atoms with van der Waals surface area (Å²) in [5, 5.41) is 5.43. The Morgan fingerprint density at radius 3 is 2.19 bits per heavy atom. The Hall–Kier alpha value is -1.63. The molecule has 4 fully saturated rings. The van der Waals surface area contributed by atoms with E-state index < -0.39 is 12.0 Å². The normalized spacial score (nSPS) is 32.8. The van der Waals surface area contributed by atoms with E-state index in [1.165, 1.54) is 19.3 Å². The third-order valence-electron chi connectivity index (χ3n) is 6.19. The number of amides is 2. The Kier molecular flexibility index (Phi) is 5.85. The molecule has 0 radical (unpaired) electrons. The summed E-state index contributed by atoms with van der Waals surface area (Å²) in [5.41, 5.74) is -0.291. The number of methoxy groups -OCH3 is 1. The van der Waals surface area contributed by atoms with Gasteiger partial charge in [-0.2, -0.15) is 0 Å². The fourth-order valence-corrected chi connectivity index (χ4v) is 5.40. The highest BCUT2D eigenvalue weighted by molar-refractivity contribution is 5.89. The van der Waals surface area contributed by atoms with Gasteiger partial charge in [0.25, 0.3) is 5.91 Å². The molecule has 0 heterocycles. The number of esters is 1. The minimum Gasteiger partial charge on any atom is -0.454 e. The second kappa shape index (κ2) is 7.94. The maximum absolute atomic E-state index is 12.9. The van der Waals surface area contributed by atoms with E-state index in [0.717, 1.165) is 19.3 Å². The summed E-state index contributed by atoms with van der Waals surface area (Å²) in [6.45, 7) is 2.03. The molecule has 0 aromatic rings. The van der Waals surface area contributed by atoms with Gasteiger partial charge in [-0.15, -0.1) is 0 Å². The van der Waals surface area contributed by atoms with Gasteiger partial charge in [0, 0.05) is 19.1 Å². The molecule has 7 nitrogen and oxygen atoms in total. The first-order chi connectivity index (χ1) is 12.4. The molecule has 1 atom stereocenters. The first-order valence-electron chi connectivity index (χ1n) is 9.65. The lowest BCUT2D eigenvalue weighted by molar-refractivity contribution is -0.155. The van der Waals surface area contributed by atoms with Gasteiger partial charge in [-0.1, -0.05) is 0 Å². The van der Waals surface area contributed by atoms with Crippen molar-refractivity contribution >= 4 is 17.8 Å². The van der Waals surface area contributed by atoms with Crippen LogP contribution in [0, 0.1) is 23.2 Å². The van der Waals surface area contributed by atoms with E-state index in [0.29, 0.717) is 30.9 Å². The predicted molar refractivity (Wildman–Crippen MR) is 94.1 cm³/mol. The average Bonchev–Trinajstić information content (AvgIpc) is 2.58. The molecule has 2 N–H and O–H groups in total. The molecule has 7 heteroatoms. The van der Waals surface area contributed by atoms with Crippen LogP contribution in [-0.2, 0) is 23.9 Å². The van der Waals surface area contributed by atoms with Gasteiger partial charge < -0.3 is 20.1 Å². The summed E-state index contributed by atoms with van der Waals surface area (Å²) in [7, 11) is 1.54.